The molecule has 7 heteroatoms. The highest BCUT2D eigenvalue weighted by Gasteiger charge is 2.26. The van der Waals surface area contributed by atoms with Crippen LogP contribution in [0.5, 0.6) is 0 Å². The molecule has 1 aliphatic heterocycles. The summed E-state index contributed by atoms with van der Waals surface area (Å²) in [5.41, 5.74) is 2.96. The van der Waals surface area contributed by atoms with Crippen molar-refractivity contribution in [2.45, 2.75) is 31.2 Å². The van der Waals surface area contributed by atoms with Crippen LogP contribution in [0.4, 0.5) is 0 Å². The maximum atomic E-state index is 13.0. The third-order valence-corrected chi connectivity index (χ3v) is 7.22. The average molecular weight is 428 g/mol. The average Bonchev–Trinajstić information content (AvgIpc) is 3.57. The van der Waals surface area contributed by atoms with Gasteiger partial charge in [0.05, 0.1) is 4.90 Å². The van der Waals surface area contributed by atoms with E-state index in [4.69, 9.17) is 0 Å². The number of piperazine rings is 1. The van der Waals surface area contributed by atoms with Gasteiger partial charge < -0.3 is 4.90 Å². The predicted molar refractivity (Wildman–Crippen MR) is 117 cm³/mol. The molecule has 1 aliphatic carbocycles. The van der Waals surface area contributed by atoms with Gasteiger partial charge in [-0.1, -0.05) is 35.9 Å². The summed E-state index contributed by atoms with van der Waals surface area (Å²) < 4.78 is 27.7. The molecule has 2 aromatic rings. The second kappa shape index (κ2) is 8.88. The molecule has 0 bridgehead atoms. The Labute approximate surface area is 178 Å². The number of hydrogen-bond donors (Lipinski definition) is 1. The first-order chi connectivity index (χ1) is 14.4. The smallest absolute Gasteiger partial charge is 0.253 e. The minimum atomic E-state index is -3.58. The first kappa shape index (κ1) is 21.0. The van der Waals surface area contributed by atoms with Gasteiger partial charge in [0.1, 0.15) is 0 Å². The fourth-order valence-electron chi connectivity index (χ4n) is 3.79. The normalized spacial score (nSPS) is 17.8. The minimum Gasteiger partial charge on any atom is -0.336 e. The van der Waals surface area contributed by atoms with Crippen LogP contribution < -0.4 is 4.72 Å². The van der Waals surface area contributed by atoms with Gasteiger partial charge >= 0.3 is 0 Å². The van der Waals surface area contributed by atoms with Crippen LogP contribution in [0, 0.1) is 12.8 Å². The van der Waals surface area contributed by atoms with Crippen LogP contribution in [0.15, 0.2) is 53.4 Å². The number of rotatable bonds is 7. The molecule has 1 N–H and O–H groups in total. The fraction of sp³-hybridized carbons (Fsp3) is 0.435. The molecule has 0 unspecified atom stereocenters. The summed E-state index contributed by atoms with van der Waals surface area (Å²) in [7, 11) is -3.58. The molecule has 4 rings (SSSR count). The molecule has 0 radical (unpaired) electrons. The van der Waals surface area contributed by atoms with Crippen molar-refractivity contribution in [1.82, 2.24) is 14.5 Å². The maximum absolute atomic E-state index is 13.0. The van der Waals surface area contributed by atoms with E-state index in [-0.39, 0.29) is 10.8 Å². The first-order valence-corrected chi connectivity index (χ1v) is 12.1. The Morgan fingerprint density at radius 3 is 2.47 bits per heavy atom. The fourth-order valence-corrected chi connectivity index (χ4v) is 4.95. The molecule has 1 heterocycles. The first-order valence-electron chi connectivity index (χ1n) is 10.6. The summed E-state index contributed by atoms with van der Waals surface area (Å²) in [6.07, 6.45) is 2.16. The monoisotopic (exact) mass is 427 g/mol. The molecule has 1 saturated carbocycles. The molecular formula is C23H29N3O3S. The van der Waals surface area contributed by atoms with Crippen LogP contribution in [-0.2, 0) is 16.6 Å². The standard InChI is InChI=1S/C23H29N3O3S/c1-18-4-2-5-20(14-18)17-25-10-12-26(13-11-25)23(27)21-6-3-7-22(15-21)30(28,29)24-16-19-8-9-19/h2-7,14-15,19,24H,8-13,16-17H2,1H3. The molecular weight excluding hydrogens is 398 g/mol. The molecule has 2 aromatic carbocycles. The second-order valence-electron chi connectivity index (χ2n) is 8.38. The van der Waals surface area contributed by atoms with Crippen molar-refractivity contribution in [3.63, 3.8) is 0 Å². The van der Waals surface area contributed by atoms with Crippen LogP contribution >= 0.6 is 0 Å². The highest BCUT2D eigenvalue weighted by molar-refractivity contribution is 7.89. The van der Waals surface area contributed by atoms with E-state index in [1.807, 2.05) is 4.90 Å². The van der Waals surface area contributed by atoms with Gasteiger partial charge in [-0.05, 0) is 49.4 Å². The number of amides is 1. The van der Waals surface area contributed by atoms with E-state index in [0.29, 0.717) is 31.1 Å². The highest BCUT2D eigenvalue weighted by atomic mass is 32.2. The van der Waals surface area contributed by atoms with Gasteiger partial charge in [0.15, 0.2) is 0 Å². The largest absolute Gasteiger partial charge is 0.336 e. The zero-order valence-corrected chi connectivity index (χ0v) is 18.2. The SMILES string of the molecule is Cc1cccc(CN2CCN(C(=O)c3cccc(S(=O)(=O)NCC4CC4)c3)CC2)c1. The van der Waals surface area contributed by atoms with E-state index >= 15 is 0 Å². The number of sulfonamides is 1. The number of aryl methyl sites for hydroxylation is 1. The van der Waals surface area contributed by atoms with Crippen LogP contribution in [0.25, 0.3) is 0 Å². The molecule has 6 nitrogen and oxygen atoms in total. The second-order valence-corrected chi connectivity index (χ2v) is 10.1. The van der Waals surface area contributed by atoms with Crippen LogP contribution in [0.3, 0.4) is 0 Å². The number of benzene rings is 2. The molecule has 30 heavy (non-hydrogen) atoms. The van der Waals surface area contributed by atoms with E-state index < -0.39 is 10.0 Å². The quantitative estimate of drug-likeness (QED) is 0.738. The number of carbonyl (C=O) groups excluding carboxylic acids is 1. The molecule has 2 aliphatic rings. The van der Waals surface area contributed by atoms with Gasteiger partial charge in [-0.2, -0.15) is 0 Å². The number of hydrogen-bond acceptors (Lipinski definition) is 4. The molecule has 1 saturated heterocycles. The lowest BCUT2D eigenvalue weighted by atomic mass is 10.1. The molecule has 0 aromatic heterocycles. The summed E-state index contributed by atoms with van der Waals surface area (Å²) in [5, 5.41) is 0. The third-order valence-electron chi connectivity index (χ3n) is 5.80. The summed E-state index contributed by atoms with van der Waals surface area (Å²) in [5.74, 6) is 0.352. The zero-order valence-electron chi connectivity index (χ0n) is 17.4. The molecule has 160 valence electrons. The van der Waals surface area contributed by atoms with E-state index in [1.165, 1.54) is 17.2 Å². The van der Waals surface area contributed by atoms with Crippen LogP contribution in [0.1, 0.15) is 34.3 Å². The van der Waals surface area contributed by atoms with Crippen molar-refractivity contribution in [1.29, 1.82) is 0 Å². The van der Waals surface area contributed by atoms with E-state index in [1.54, 1.807) is 18.2 Å². The van der Waals surface area contributed by atoms with Crippen LogP contribution in [-0.4, -0.2) is 56.8 Å². The number of nitrogens with zero attached hydrogens (tertiary/aromatic N) is 2. The van der Waals surface area contributed by atoms with Crippen LogP contribution in [0.2, 0.25) is 0 Å². The van der Waals surface area contributed by atoms with Gasteiger partial charge in [0.25, 0.3) is 5.91 Å². The third kappa shape index (κ3) is 5.28. The molecule has 2 fully saturated rings. The number of nitrogens with one attached hydrogen (secondary N) is 1. The summed E-state index contributed by atoms with van der Waals surface area (Å²) >= 11 is 0. The summed E-state index contributed by atoms with van der Waals surface area (Å²) in [6, 6.07) is 14.9. The summed E-state index contributed by atoms with van der Waals surface area (Å²) in [4.78, 5) is 17.3. The zero-order chi connectivity index (χ0) is 21.1. The predicted octanol–water partition coefficient (Wildman–Crippen LogP) is 2.64. The van der Waals surface area contributed by atoms with Crippen molar-refractivity contribution < 1.29 is 13.2 Å². The molecule has 0 spiro atoms. The Hall–Kier alpha value is -2.22. The van der Waals surface area contributed by atoms with E-state index in [0.717, 1.165) is 32.5 Å². The van der Waals surface area contributed by atoms with Crippen molar-refractivity contribution >= 4 is 15.9 Å². The van der Waals surface area contributed by atoms with E-state index in [2.05, 4.69) is 40.8 Å². The Kier molecular flexibility index (Phi) is 6.22. The number of carbonyl (C=O) groups is 1. The Morgan fingerprint density at radius 2 is 1.77 bits per heavy atom. The molecule has 1 amide bonds. The van der Waals surface area contributed by atoms with Gasteiger partial charge in [-0.15, -0.1) is 0 Å². The lowest BCUT2D eigenvalue weighted by Crippen LogP contribution is -2.48. The molecule has 0 atom stereocenters. The van der Waals surface area contributed by atoms with Crippen molar-refractivity contribution in [3.8, 4) is 0 Å². The Morgan fingerprint density at radius 1 is 1.03 bits per heavy atom. The topological polar surface area (TPSA) is 69.7 Å². The van der Waals surface area contributed by atoms with Crippen molar-refractivity contribution in [2.75, 3.05) is 32.7 Å². The van der Waals surface area contributed by atoms with Crippen molar-refractivity contribution in [2.24, 2.45) is 5.92 Å². The van der Waals surface area contributed by atoms with E-state index in [9.17, 15) is 13.2 Å². The lowest BCUT2D eigenvalue weighted by molar-refractivity contribution is 0.0628. The Balaban J connectivity index is 1.36. The van der Waals surface area contributed by atoms with Crippen molar-refractivity contribution in [3.05, 3.63) is 65.2 Å². The van der Waals surface area contributed by atoms with Gasteiger partial charge in [0.2, 0.25) is 10.0 Å². The summed E-state index contributed by atoms with van der Waals surface area (Å²) in [6.45, 7) is 6.34. The minimum absolute atomic E-state index is 0.107. The Bertz CT molecular complexity index is 1010. The lowest BCUT2D eigenvalue weighted by Gasteiger charge is -2.35. The van der Waals surface area contributed by atoms with Gasteiger partial charge in [0, 0.05) is 44.8 Å². The van der Waals surface area contributed by atoms with Gasteiger partial charge in [-0.25, -0.2) is 13.1 Å². The maximum Gasteiger partial charge on any atom is 0.253 e. The highest BCUT2D eigenvalue weighted by Crippen LogP contribution is 2.28. The van der Waals surface area contributed by atoms with Gasteiger partial charge in [-0.3, -0.25) is 9.69 Å².